The summed E-state index contributed by atoms with van der Waals surface area (Å²) in [4.78, 5) is 12.6. The minimum Gasteiger partial charge on any atom is -0.399 e. The first-order valence-corrected chi connectivity index (χ1v) is 8.05. The minimum absolute atomic E-state index is 0.0423. The third-order valence-electron chi connectivity index (χ3n) is 3.82. The molecule has 0 spiro atoms. The van der Waals surface area contributed by atoms with Crippen LogP contribution in [0.2, 0.25) is 5.15 Å². The highest BCUT2D eigenvalue weighted by Gasteiger charge is 2.31. The highest BCUT2D eigenvalue weighted by Crippen LogP contribution is 2.33. The van der Waals surface area contributed by atoms with Crippen LogP contribution in [-0.4, -0.2) is 15.0 Å². The van der Waals surface area contributed by atoms with Gasteiger partial charge in [-0.2, -0.15) is 13.2 Å². The maximum absolute atomic E-state index is 13.0. The van der Waals surface area contributed by atoms with E-state index in [-0.39, 0.29) is 5.69 Å². The monoisotopic (exact) mass is 381 g/mol. The number of rotatable bonds is 3. The van der Waals surface area contributed by atoms with Crippen LogP contribution in [0, 0.1) is 6.92 Å². The lowest BCUT2D eigenvalue weighted by Gasteiger charge is -2.19. The van der Waals surface area contributed by atoms with Crippen LogP contribution >= 0.6 is 11.6 Å². The van der Waals surface area contributed by atoms with Crippen LogP contribution in [0.1, 0.15) is 29.9 Å². The molecule has 2 aromatic heterocycles. The van der Waals surface area contributed by atoms with Gasteiger partial charge in [-0.15, -0.1) is 0 Å². The number of halogens is 4. The molecule has 0 amide bonds. The summed E-state index contributed by atoms with van der Waals surface area (Å²) in [6.45, 7) is 3.44. The summed E-state index contributed by atoms with van der Waals surface area (Å²) in [5.41, 5.74) is 5.88. The molecular weight excluding hydrogens is 367 g/mol. The Morgan fingerprint density at radius 2 is 1.88 bits per heavy atom. The third-order valence-corrected chi connectivity index (χ3v) is 4.02. The Bertz CT molecular complexity index is 969. The lowest BCUT2D eigenvalue weighted by atomic mass is 10.0. The topological polar surface area (TPSA) is 76.7 Å². The quantitative estimate of drug-likeness (QED) is 0.505. The van der Waals surface area contributed by atoms with Crippen LogP contribution in [0.15, 0.2) is 30.5 Å². The fourth-order valence-corrected chi connectivity index (χ4v) is 2.76. The van der Waals surface area contributed by atoms with Gasteiger partial charge >= 0.3 is 6.18 Å². The van der Waals surface area contributed by atoms with Crippen molar-refractivity contribution in [2.24, 2.45) is 0 Å². The average Bonchev–Trinajstić information content (AvgIpc) is 2.52. The van der Waals surface area contributed by atoms with Crippen LogP contribution in [0.5, 0.6) is 0 Å². The van der Waals surface area contributed by atoms with Crippen LogP contribution in [0.4, 0.5) is 24.7 Å². The van der Waals surface area contributed by atoms with Crippen molar-refractivity contribution in [2.75, 3.05) is 11.1 Å². The molecule has 0 aliphatic heterocycles. The number of benzene rings is 1. The summed E-state index contributed by atoms with van der Waals surface area (Å²) in [6.07, 6.45) is -2.95. The predicted octanol–water partition coefficient (Wildman–Crippen LogP) is 4.76. The number of aromatic nitrogens is 3. The Morgan fingerprint density at radius 3 is 2.58 bits per heavy atom. The number of nitrogen functional groups attached to an aromatic ring is 1. The first-order valence-electron chi connectivity index (χ1n) is 7.67. The standard InChI is InChI=1S/C17H15ClF3N5/c1-8(10-3-11(17(19,20)21)5-12(22)4-10)24-16-13-7-23-15(18)6-14(13)25-9(2)26-16/h3-8H,22H2,1-2H3,(H,24,25,26)/t8-/m1/s1. The Morgan fingerprint density at radius 1 is 1.15 bits per heavy atom. The first-order chi connectivity index (χ1) is 12.1. The molecule has 3 rings (SSSR count). The lowest BCUT2D eigenvalue weighted by molar-refractivity contribution is -0.137. The number of nitrogens with one attached hydrogen (secondary N) is 1. The molecule has 0 unspecified atom stereocenters. The van der Waals surface area contributed by atoms with E-state index in [1.54, 1.807) is 19.9 Å². The normalized spacial score (nSPS) is 13.0. The molecule has 136 valence electrons. The highest BCUT2D eigenvalue weighted by molar-refractivity contribution is 6.30. The van der Waals surface area contributed by atoms with Gasteiger partial charge in [0, 0.05) is 18.0 Å². The van der Waals surface area contributed by atoms with Crippen molar-refractivity contribution in [1.29, 1.82) is 0 Å². The maximum atomic E-state index is 13.0. The number of anilines is 2. The van der Waals surface area contributed by atoms with Gasteiger partial charge in [-0.1, -0.05) is 11.6 Å². The number of aryl methyl sites for hydroxylation is 1. The summed E-state index contributed by atoms with van der Waals surface area (Å²) < 4.78 is 39.1. The van der Waals surface area contributed by atoms with Crippen molar-refractivity contribution in [3.8, 4) is 0 Å². The number of hydrogen-bond donors (Lipinski definition) is 2. The number of nitrogens with zero attached hydrogens (tertiary/aromatic N) is 3. The second kappa shape index (κ2) is 6.60. The maximum Gasteiger partial charge on any atom is 0.416 e. The Labute approximate surface area is 152 Å². The van der Waals surface area contributed by atoms with Gasteiger partial charge in [0.2, 0.25) is 0 Å². The number of alkyl halides is 3. The van der Waals surface area contributed by atoms with Gasteiger partial charge in [-0.25, -0.2) is 15.0 Å². The molecule has 2 heterocycles. The fraction of sp³-hybridized carbons (Fsp3) is 0.235. The molecule has 0 saturated heterocycles. The molecule has 3 N–H and O–H groups in total. The molecule has 1 atom stereocenters. The van der Waals surface area contributed by atoms with Gasteiger partial charge in [0.25, 0.3) is 0 Å². The van der Waals surface area contributed by atoms with Crippen LogP contribution in [0.3, 0.4) is 0 Å². The zero-order valence-corrected chi connectivity index (χ0v) is 14.7. The van der Waals surface area contributed by atoms with E-state index >= 15 is 0 Å². The summed E-state index contributed by atoms with van der Waals surface area (Å²) >= 11 is 5.89. The number of fused-ring (bicyclic) bond motifs is 1. The molecule has 1 aromatic carbocycles. The molecule has 0 aliphatic carbocycles. The van der Waals surface area contributed by atoms with Gasteiger partial charge in [-0.05, 0) is 37.6 Å². The largest absolute Gasteiger partial charge is 0.416 e. The molecule has 9 heteroatoms. The molecular formula is C17H15ClF3N5. The van der Waals surface area contributed by atoms with E-state index in [1.165, 1.54) is 12.3 Å². The average molecular weight is 382 g/mol. The van der Waals surface area contributed by atoms with Crippen molar-refractivity contribution >= 4 is 34.0 Å². The SMILES string of the molecule is Cc1nc(N[C@H](C)c2cc(N)cc(C(F)(F)F)c2)c2cnc(Cl)cc2n1. The van der Waals surface area contributed by atoms with Crippen molar-refractivity contribution in [3.05, 3.63) is 52.6 Å². The molecule has 0 bridgehead atoms. The fourth-order valence-electron chi connectivity index (χ4n) is 2.61. The molecule has 0 aliphatic rings. The summed E-state index contributed by atoms with van der Waals surface area (Å²) in [7, 11) is 0. The van der Waals surface area contributed by atoms with Crippen molar-refractivity contribution in [3.63, 3.8) is 0 Å². The van der Waals surface area contributed by atoms with E-state index in [9.17, 15) is 13.2 Å². The van der Waals surface area contributed by atoms with E-state index in [2.05, 4.69) is 20.3 Å². The van der Waals surface area contributed by atoms with E-state index < -0.39 is 17.8 Å². The lowest BCUT2D eigenvalue weighted by Crippen LogP contribution is -2.12. The van der Waals surface area contributed by atoms with Crippen molar-refractivity contribution < 1.29 is 13.2 Å². The van der Waals surface area contributed by atoms with Crippen LogP contribution in [0.25, 0.3) is 10.9 Å². The Kier molecular flexibility index (Phi) is 4.62. The molecule has 5 nitrogen and oxygen atoms in total. The first kappa shape index (κ1) is 18.2. The van der Waals surface area contributed by atoms with Crippen LogP contribution in [-0.2, 0) is 6.18 Å². The van der Waals surface area contributed by atoms with Gasteiger partial charge in [0.05, 0.1) is 22.5 Å². The molecule has 3 aromatic rings. The Hall–Kier alpha value is -2.61. The zero-order chi connectivity index (χ0) is 19.1. The molecule has 0 saturated carbocycles. The van der Waals surface area contributed by atoms with Gasteiger partial charge < -0.3 is 11.1 Å². The van der Waals surface area contributed by atoms with E-state index in [0.717, 1.165) is 12.1 Å². The minimum atomic E-state index is -4.47. The zero-order valence-electron chi connectivity index (χ0n) is 13.9. The summed E-state index contributed by atoms with van der Waals surface area (Å²) in [5, 5.41) is 4.02. The predicted molar refractivity (Wildman–Crippen MR) is 95.0 cm³/mol. The van der Waals surface area contributed by atoms with Gasteiger partial charge in [0.15, 0.2) is 0 Å². The Balaban J connectivity index is 2.00. The molecule has 0 radical (unpaired) electrons. The van der Waals surface area contributed by atoms with Crippen molar-refractivity contribution in [1.82, 2.24) is 15.0 Å². The van der Waals surface area contributed by atoms with Crippen LogP contribution < -0.4 is 11.1 Å². The highest BCUT2D eigenvalue weighted by atomic mass is 35.5. The summed E-state index contributed by atoms with van der Waals surface area (Å²) in [5.74, 6) is 0.957. The number of nitrogens with two attached hydrogens (primary N) is 1. The molecule has 0 fully saturated rings. The second-order valence-electron chi connectivity index (χ2n) is 5.90. The number of pyridine rings is 1. The van der Waals surface area contributed by atoms with E-state index in [1.807, 2.05) is 0 Å². The van der Waals surface area contributed by atoms with Gasteiger partial charge in [0.1, 0.15) is 16.8 Å². The van der Waals surface area contributed by atoms with E-state index in [0.29, 0.717) is 33.3 Å². The van der Waals surface area contributed by atoms with E-state index in [4.69, 9.17) is 17.3 Å². The molecule has 26 heavy (non-hydrogen) atoms. The van der Waals surface area contributed by atoms with Gasteiger partial charge in [-0.3, -0.25) is 0 Å². The second-order valence-corrected chi connectivity index (χ2v) is 6.28. The number of hydrogen-bond acceptors (Lipinski definition) is 5. The summed E-state index contributed by atoms with van der Waals surface area (Å²) in [6, 6.07) is 4.60. The third kappa shape index (κ3) is 3.80. The van der Waals surface area contributed by atoms with Crippen molar-refractivity contribution in [2.45, 2.75) is 26.1 Å². The smallest absolute Gasteiger partial charge is 0.399 e.